The number of rotatable bonds is 1. The van der Waals surface area contributed by atoms with Gasteiger partial charge >= 0.3 is 0 Å². The molecule has 0 amide bonds. The molecule has 4 rings (SSSR count). The molecule has 0 radical (unpaired) electrons. The van der Waals surface area contributed by atoms with Crippen molar-refractivity contribution < 1.29 is 0 Å². The van der Waals surface area contributed by atoms with Crippen LogP contribution in [0.2, 0.25) is 0 Å². The van der Waals surface area contributed by atoms with Crippen LogP contribution in [0.1, 0.15) is 22.3 Å². The first-order chi connectivity index (χ1) is 10.3. The van der Waals surface area contributed by atoms with Gasteiger partial charge in [-0.15, -0.1) is 0 Å². The van der Waals surface area contributed by atoms with Crippen molar-refractivity contribution in [1.29, 1.82) is 0 Å². The fourth-order valence-corrected chi connectivity index (χ4v) is 3.17. The van der Waals surface area contributed by atoms with Gasteiger partial charge in [0.1, 0.15) is 0 Å². The number of benzene rings is 2. The quantitative estimate of drug-likeness (QED) is 0.487. The summed E-state index contributed by atoms with van der Waals surface area (Å²) in [5.41, 5.74) is 8.89. The lowest BCUT2D eigenvalue weighted by Crippen LogP contribution is -2.07. The zero-order chi connectivity index (χ0) is 14.2. The highest BCUT2D eigenvalue weighted by atomic mass is 14.6. The predicted molar refractivity (Wildman–Crippen MR) is 87.1 cm³/mol. The maximum atomic E-state index is 4.32. The van der Waals surface area contributed by atoms with Crippen LogP contribution in [0.25, 0.3) is 16.7 Å². The number of nitrogens with zero attached hydrogens (tertiary/aromatic N) is 1. The number of fused-ring (bicyclic) bond motifs is 2. The Kier molecular flexibility index (Phi) is 2.71. The highest BCUT2D eigenvalue weighted by molar-refractivity contribution is 5.88. The van der Waals surface area contributed by atoms with Crippen molar-refractivity contribution in [3.05, 3.63) is 95.8 Å². The topological polar surface area (TPSA) is 12.9 Å². The summed E-state index contributed by atoms with van der Waals surface area (Å²) in [5.74, 6) is 0. The minimum absolute atomic E-state index is 0.961. The highest BCUT2D eigenvalue weighted by Gasteiger charge is 2.20. The van der Waals surface area contributed by atoms with Gasteiger partial charge in [-0.2, -0.15) is 0 Å². The van der Waals surface area contributed by atoms with Gasteiger partial charge in [0.15, 0.2) is 0 Å². The van der Waals surface area contributed by atoms with Crippen molar-refractivity contribution in [2.75, 3.05) is 0 Å². The Bertz CT molecular complexity index is 831. The fraction of sp³-hybridized carbons (Fsp3) is 0.0500. The third-order valence-electron chi connectivity index (χ3n) is 4.20. The molecule has 1 heterocycles. The third kappa shape index (κ3) is 1.90. The lowest BCUT2D eigenvalue weighted by Gasteiger charge is -2.24. The van der Waals surface area contributed by atoms with Gasteiger partial charge in [0, 0.05) is 12.4 Å². The Hall–Kier alpha value is -2.67. The number of hydrogen-bond acceptors (Lipinski definition) is 1. The summed E-state index contributed by atoms with van der Waals surface area (Å²) in [5, 5.41) is 0. The van der Waals surface area contributed by atoms with Crippen LogP contribution >= 0.6 is 0 Å². The Morgan fingerprint density at radius 1 is 0.762 bits per heavy atom. The minimum Gasteiger partial charge on any atom is -0.265 e. The first-order valence-corrected chi connectivity index (χ1v) is 7.14. The molecule has 1 heteroatoms. The molecule has 0 saturated carbocycles. The summed E-state index contributed by atoms with van der Waals surface area (Å²) in [7, 11) is 0. The fourth-order valence-electron chi connectivity index (χ4n) is 3.17. The lowest BCUT2D eigenvalue weighted by molar-refractivity contribution is 1.14. The molecule has 0 N–H and O–H groups in total. The van der Waals surface area contributed by atoms with Crippen LogP contribution < -0.4 is 0 Å². The zero-order valence-corrected chi connectivity index (χ0v) is 11.7. The third-order valence-corrected chi connectivity index (χ3v) is 4.20. The highest BCUT2D eigenvalue weighted by Crippen LogP contribution is 2.39. The molecule has 1 nitrogen and oxygen atoms in total. The second-order valence-electron chi connectivity index (χ2n) is 5.38. The Balaban J connectivity index is 1.94. The number of hydrogen-bond donors (Lipinski definition) is 0. The van der Waals surface area contributed by atoms with Crippen molar-refractivity contribution >= 4 is 5.57 Å². The van der Waals surface area contributed by atoms with Gasteiger partial charge in [-0.1, -0.05) is 49.0 Å². The van der Waals surface area contributed by atoms with Gasteiger partial charge in [0.25, 0.3) is 0 Å². The first kappa shape index (κ1) is 12.1. The number of pyridine rings is 1. The lowest BCUT2D eigenvalue weighted by atomic mass is 9.80. The van der Waals surface area contributed by atoms with E-state index in [2.05, 4.69) is 66.2 Å². The minimum atomic E-state index is 0.961. The second kappa shape index (κ2) is 4.71. The SMILES string of the molecule is C=C1c2ccccc2Cc2c1cccc2-c1ccncc1. The van der Waals surface area contributed by atoms with Crippen molar-refractivity contribution in [1.82, 2.24) is 4.98 Å². The molecule has 21 heavy (non-hydrogen) atoms. The average molecular weight is 269 g/mol. The molecule has 2 aromatic carbocycles. The summed E-state index contributed by atoms with van der Waals surface area (Å²) in [4.78, 5) is 4.12. The summed E-state index contributed by atoms with van der Waals surface area (Å²) in [6.07, 6.45) is 4.66. The largest absolute Gasteiger partial charge is 0.265 e. The first-order valence-electron chi connectivity index (χ1n) is 7.14. The van der Waals surface area contributed by atoms with Gasteiger partial charge in [-0.3, -0.25) is 4.98 Å². The standard InChI is InChI=1S/C20H15N/c1-14-17-6-3-2-5-16(17)13-20-18(14)7-4-8-19(20)15-9-11-21-12-10-15/h2-12H,1,13H2. The van der Waals surface area contributed by atoms with Crippen LogP contribution in [0.5, 0.6) is 0 Å². The number of aromatic nitrogens is 1. The van der Waals surface area contributed by atoms with Gasteiger partial charge in [0.2, 0.25) is 0 Å². The van der Waals surface area contributed by atoms with Crippen molar-refractivity contribution in [2.24, 2.45) is 0 Å². The van der Waals surface area contributed by atoms with E-state index >= 15 is 0 Å². The maximum absolute atomic E-state index is 4.32. The van der Waals surface area contributed by atoms with Gasteiger partial charge in [0.05, 0.1) is 0 Å². The van der Waals surface area contributed by atoms with E-state index < -0.39 is 0 Å². The summed E-state index contributed by atoms with van der Waals surface area (Å²) < 4.78 is 0. The molecule has 0 fully saturated rings. The van der Waals surface area contributed by atoms with Crippen molar-refractivity contribution in [3.8, 4) is 11.1 Å². The van der Waals surface area contributed by atoms with Crippen molar-refractivity contribution in [3.63, 3.8) is 0 Å². The van der Waals surface area contributed by atoms with E-state index in [0.717, 1.165) is 12.0 Å². The van der Waals surface area contributed by atoms with Crippen LogP contribution in [0.15, 0.2) is 73.6 Å². The zero-order valence-electron chi connectivity index (χ0n) is 11.7. The van der Waals surface area contributed by atoms with Gasteiger partial charge in [-0.05, 0) is 57.5 Å². The Morgan fingerprint density at radius 3 is 2.33 bits per heavy atom. The summed E-state index contributed by atoms with van der Waals surface area (Å²) in [6.45, 7) is 4.32. The van der Waals surface area contributed by atoms with E-state index in [9.17, 15) is 0 Å². The molecule has 1 aliphatic carbocycles. The molecule has 3 aromatic rings. The van der Waals surface area contributed by atoms with Crippen LogP contribution in [0.4, 0.5) is 0 Å². The molecule has 1 aliphatic rings. The molecule has 0 bridgehead atoms. The second-order valence-corrected chi connectivity index (χ2v) is 5.38. The average Bonchev–Trinajstić information content (AvgIpc) is 2.56. The Morgan fingerprint density at radius 2 is 1.48 bits per heavy atom. The molecule has 0 saturated heterocycles. The molecule has 0 atom stereocenters. The molecule has 0 aliphatic heterocycles. The molecule has 100 valence electrons. The summed E-state index contributed by atoms with van der Waals surface area (Å²) in [6, 6.07) is 19.2. The van der Waals surface area contributed by atoms with Crippen LogP contribution in [0, 0.1) is 0 Å². The van der Waals surface area contributed by atoms with E-state index in [1.807, 2.05) is 12.4 Å². The normalized spacial score (nSPS) is 12.7. The molecule has 1 aromatic heterocycles. The van der Waals surface area contributed by atoms with E-state index in [1.54, 1.807) is 0 Å². The van der Waals surface area contributed by atoms with Crippen LogP contribution in [0.3, 0.4) is 0 Å². The smallest absolute Gasteiger partial charge is 0.0273 e. The van der Waals surface area contributed by atoms with E-state index in [0.29, 0.717) is 0 Å². The van der Waals surface area contributed by atoms with Crippen LogP contribution in [-0.2, 0) is 6.42 Å². The van der Waals surface area contributed by atoms with Crippen LogP contribution in [-0.4, -0.2) is 4.98 Å². The molecule has 0 unspecified atom stereocenters. The maximum Gasteiger partial charge on any atom is 0.0273 e. The Labute approximate surface area is 124 Å². The molecular formula is C20H15N. The molecular weight excluding hydrogens is 254 g/mol. The van der Waals surface area contributed by atoms with E-state index in [-0.39, 0.29) is 0 Å². The molecule has 0 spiro atoms. The van der Waals surface area contributed by atoms with Crippen molar-refractivity contribution in [2.45, 2.75) is 6.42 Å². The van der Waals surface area contributed by atoms with Gasteiger partial charge in [-0.25, -0.2) is 0 Å². The van der Waals surface area contributed by atoms with E-state index in [1.165, 1.54) is 33.4 Å². The summed E-state index contributed by atoms with van der Waals surface area (Å²) >= 11 is 0. The predicted octanol–water partition coefficient (Wildman–Crippen LogP) is 4.71. The van der Waals surface area contributed by atoms with Gasteiger partial charge < -0.3 is 0 Å². The monoisotopic (exact) mass is 269 g/mol. The van der Waals surface area contributed by atoms with E-state index in [4.69, 9.17) is 0 Å².